The molecule has 17 heavy (non-hydrogen) atoms. The van der Waals surface area contributed by atoms with Gasteiger partial charge in [0.25, 0.3) is 0 Å². The van der Waals surface area contributed by atoms with Gasteiger partial charge in [0.2, 0.25) is 0 Å². The molecule has 100 valence electrons. The smallest absolute Gasteiger partial charge is 0.0604 e. The van der Waals surface area contributed by atoms with Crippen molar-refractivity contribution in [2.45, 2.75) is 64.1 Å². The van der Waals surface area contributed by atoms with E-state index in [1.165, 1.54) is 51.7 Å². The maximum atomic E-state index is 5.65. The fraction of sp³-hybridized carbons (Fsp3) is 1.00. The van der Waals surface area contributed by atoms with Crippen LogP contribution in [-0.4, -0.2) is 49.3 Å². The third kappa shape index (κ3) is 3.67. The molecule has 0 aromatic heterocycles. The molecule has 0 bridgehead atoms. The van der Waals surface area contributed by atoms with Gasteiger partial charge in [0.05, 0.1) is 6.10 Å². The van der Waals surface area contributed by atoms with E-state index < -0.39 is 0 Å². The maximum absolute atomic E-state index is 5.65. The molecule has 3 nitrogen and oxygen atoms in total. The maximum Gasteiger partial charge on any atom is 0.0604 e. The predicted molar refractivity (Wildman–Crippen MR) is 71.3 cm³/mol. The zero-order valence-electron chi connectivity index (χ0n) is 11.5. The first-order chi connectivity index (χ1) is 8.33. The van der Waals surface area contributed by atoms with E-state index in [2.05, 4.69) is 24.1 Å². The Morgan fingerprint density at radius 1 is 1.24 bits per heavy atom. The fourth-order valence-corrected chi connectivity index (χ4v) is 3.11. The second-order valence-corrected chi connectivity index (χ2v) is 5.44. The Labute approximate surface area is 106 Å². The molecule has 0 aromatic rings. The van der Waals surface area contributed by atoms with Crippen LogP contribution in [0.1, 0.15) is 46.0 Å². The summed E-state index contributed by atoms with van der Waals surface area (Å²) in [5.41, 5.74) is 0. The molecule has 2 rings (SSSR count). The molecule has 1 aliphatic heterocycles. The van der Waals surface area contributed by atoms with Gasteiger partial charge in [-0.25, -0.2) is 0 Å². The van der Waals surface area contributed by atoms with Crippen LogP contribution in [0.25, 0.3) is 0 Å². The summed E-state index contributed by atoms with van der Waals surface area (Å²) in [5.74, 6) is 0. The number of hydrogen-bond donors (Lipinski definition) is 1. The van der Waals surface area contributed by atoms with Gasteiger partial charge in [0.15, 0.2) is 0 Å². The first-order valence-electron chi connectivity index (χ1n) is 7.42. The van der Waals surface area contributed by atoms with Crippen molar-refractivity contribution in [3.05, 3.63) is 0 Å². The van der Waals surface area contributed by atoms with Crippen LogP contribution in [0, 0.1) is 0 Å². The molecule has 1 saturated carbocycles. The van der Waals surface area contributed by atoms with E-state index in [1.54, 1.807) is 0 Å². The van der Waals surface area contributed by atoms with Crippen molar-refractivity contribution in [2.24, 2.45) is 0 Å². The second-order valence-electron chi connectivity index (χ2n) is 5.44. The lowest BCUT2D eigenvalue weighted by Crippen LogP contribution is -2.53. The molecule has 2 fully saturated rings. The van der Waals surface area contributed by atoms with E-state index in [4.69, 9.17) is 4.74 Å². The average molecular weight is 240 g/mol. The highest BCUT2D eigenvalue weighted by Crippen LogP contribution is 2.28. The van der Waals surface area contributed by atoms with Crippen LogP contribution in [0.2, 0.25) is 0 Å². The SMILES string of the molecule is CCOC1CC(N(CC)CC2CCCCN2)C1. The predicted octanol–water partition coefficient (Wildman–Crippen LogP) is 2.02. The van der Waals surface area contributed by atoms with Crippen LogP contribution in [-0.2, 0) is 4.74 Å². The van der Waals surface area contributed by atoms with E-state index in [-0.39, 0.29) is 0 Å². The minimum Gasteiger partial charge on any atom is -0.378 e. The van der Waals surface area contributed by atoms with Gasteiger partial charge in [-0.2, -0.15) is 0 Å². The summed E-state index contributed by atoms with van der Waals surface area (Å²) in [5, 5.41) is 3.65. The summed E-state index contributed by atoms with van der Waals surface area (Å²) >= 11 is 0. The zero-order valence-corrected chi connectivity index (χ0v) is 11.5. The first kappa shape index (κ1) is 13.3. The van der Waals surface area contributed by atoms with E-state index >= 15 is 0 Å². The Hall–Kier alpha value is -0.120. The topological polar surface area (TPSA) is 24.5 Å². The molecule has 0 spiro atoms. The van der Waals surface area contributed by atoms with Gasteiger partial charge in [0.1, 0.15) is 0 Å². The van der Waals surface area contributed by atoms with Crippen LogP contribution in [0.5, 0.6) is 0 Å². The molecular weight excluding hydrogens is 212 g/mol. The number of rotatable bonds is 6. The zero-order chi connectivity index (χ0) is 12.1. The molecule has 0 aromatic carbocycles. The largest absolute Gasteiger partial charge is 0.378 e. The Bertz CT molecular complexity index is 210. The van der Waals surface area contributed by atoms with Crippen molar-refractivity contribution >= 4 is 0 Å². The summed E-state index contributed by atoms with van der Waals surface area (Å²) in [6, 6.07) is 1.51. The lowest BCUT2D eigenvalue weighted by Gasteiger charge is -2.44. The van der Waals surface area contributed by atoms with E-state index in [1.807, 2.05) is 0 Å². The normalized spacial score (nSPS) is 33.7. The summed E-state index contributed by atoms with van der Waals surface area (Å²) < 4.78 is 5.65. The quantitative estimate of drug-likeness (QED) is 0.769. The number of nitrogens with one attached hydrogen (secondary N) is 1. The molecular formula is C14H28N2O. The highest BCUT2D eigenvalue weighted by atomic mass is 16.5. The first-order valence-corrected chi connectivity index (χ1v) is 7.42. The van der Waals surface area contributed by atoms with Crippen LogP contribution in [0.3, 0.4) is 0 Å². The molecule has 1 heterocycles. The third-order valence-corrected chi connectivity index (χ3v) is 4.26. The minimum atomic E-state index is 0.540. The summed E-state index contributed by atoms with van der Waals surface area (Å²) in [6.07, 6.45) is 7.15. The Morgan fingerprint density at radius 2 is 2.06 bits per heavy atom. The van der Waals surface area contributed by atoms with Crippen molar-refractivity contribution in [1.29, 1.82) is 0 Å². The molecule has 0 radical (unpaired) electrons. The number of hydrogen-bond acceptors (Lipinski definition) is 3. The monoisotopic (exact) mass is 240 g/mol. The molecule has 0 amide bonds. The van der Waals surface area contributed by atoms with Gasteiger partial charge >= 0.3 is 0 Å². The Kier molecular flexibility index (Phi) is 5.26. The molecule has 3 heteroatoms. The lowest BCUT2D eigenvalue weighted by molar-refractivity contribution is -0.0474. The summed E-state index contributed by atoms with van der Waals surface area (Å²) in [6.45, 7) is 8.89. The van der Waals surface area contributed by atoms with E-state index in [0.717, 1.165) is 18.7 Å². The number of piperidine rings is 1. The molecule has 1 saturated heterocycles. The lowest BCUT2D eigenvalue weighted by atomic mass is 9.87. The van der Waals surface area contributed by atoms with Gasteiger partial charge in [-0.05, 0) is 45.7 Å². The van der Waals surface area contributed by atoms with Crippen LogP contribution in [0.15, 0.2) is 0 Å². The molecule has 1 N–H and O–H groups in total. The van der Waals surface area contributed by atoms with Crippen LogP contribution >= 0.6 is 0 Å². The van der Waals surface area contributed by atoms with Crippen molar-refractivity contribution in [1.82, 2.24) is 10.2 Å². The van der Waals surface area contributed by atoms with Gasteiger partial charge < -0.3 is 10.1 Å². The Balaban J connectivity index is 1.70. The van der Waals surface area contributed by atoms with Crippen molar-refractivity contribution in [2.75, 3.05) is 26.2 Å². The van der Waals surface area contributed by atoms with Gasteiger partial charge in [-0.1, -0.05) is 13.3 Å². The minimum absolute atomic E-state index is 0.540. The second kappa shape index (κ2) is 6.72. The average Bonchev–Trinajstić information content (AvgIpc) is 2.32. The van der Waals surface area contributed by atoms with Gasteiger partial charge in [0, 0.05) is 25.2 Å². The fourth-order valence-electron chi connectivity index (χ4n) is 3.11. The number of ether oxygens (including phenoxy) is 1. The van der Waals surface area contributed by atoms with E-state index in [0.29, 0.717) is 6.10 Å². The standard InChI is InChI=1S/C14H28N2O/c1-3-16(11-12-7-5-6-8-15-12)13-9-14(10-13)17-4-2/h12-15H,3-11H2,1-2H3. The highest BCUT2D eigenvalue weighted by molar-refractivity contribution is 4.89. The highest BCUT2D eigenvalue weighted by Gasteiger charge is 2.34. The summed E-state index contributed by atoms with van der Waals surface area (Å²) in [4.78, 5) is 2.65. The number of likely N-dealkylation sites (N-methyl/N-ethyl adjacent to an activating group) is 1. The van der Waals surface area contributed by atoms with E-state index in [9.17, 15) is 0 Å². The molecule has 1 atom stereocenters. The van der Waals surface area contributed by atoms with Crippen LogP contribution < -0.4 is 5.32 Å². The molecule has 2 aliphatic rings. The van der Waals surface area contributed by atoms with Crippen LogP contribution in [0.4, 0.5) is 0 Å². The van der Waals surface area contributed by atoms with Crippen molar-refractivity contribution in [3.63, 3.8) is 0 Å². The summed E-state index contributed by atoms with van der Waals surface area (Å²) in [7, 11) is 0. The third-order valence-electron chi connectivity index (χ3n) is 4.26. The van der Waals surface area contributed by atoms with Gasteiger partial charge in [-0.15, -0.1) is 0 Å². The molecule has 1 aliphatic carbocycles. The molecule has 1 unspecified atom stereocenters. The van der Waals surface area contributed by atoms with Gasteiger partial charge in [-0.3, -0.25) is 4.90 Å². The van der Waals surface area contributed by atoms with Crippen molar-refractivity contribution < 1.29 is 4.74 Å². The van der Waals surface area contributed by atoms with Crippen molar-refractivity contribution in [3.8, 4) is 0 Å². The number of nitrogens with zero attached hydrogens (tertiary/aromatic N) is 1. The Morgan fingerprint density at radius 3 is 2.65 bits per heavy atom.